The maximum atomic E-state index is 11.2. The lowest BCUT2D eigenvalue weighted by Crippen LogP contribution is -2.17. The molecule has 0 amide bonds. The van der Waals surface area contributed by atoms with E-state index in [1.165, 1.54) is 0 Å². The molecule has 1 aromatic heterocycles. The van der Waals surface area contributed by atoms with Crippen molar-refractivity contribution in [2.24, 2.45) is 0 Å². The van der Waals surface area contributed by atoms with Crippen LogP contribution in [0.1, 0.15) is 49.8 Å². The zero-order valence-corrected chi connectivity index (χ0v) is 10.4. The number of hydrogen-bond acceptors (Lipinski definition) is 3. The van der Waals surface area contributed by atoms with Crippen molar-refractivity contribution >= 4 is 5.97 Å². The first kappa shape index (κ1) is 11.9. The van der Waals surface area contributed by atoms with Crippen molar-refractivity contribution in [3.8, 4) is 5.75 Å². The number of aromatic nitrogens is 1. The molecular weight excluding hydrogens is 218 g/mol. The minimum atomic E-state index is -1.04. The lowest BCUT2D eigenvalue weighted by Gasteiger charge is -2.19. The molecule has 1 fully saturated rings. The zero-order valence-electron chi connectivity index (χ0n) is 10.4. The average molecular weight is 235 g/mol. The Morgan fingerprint density at radius 1 is 1.41 bits per heavy atom. The molecule has 0 aromatic carbocycles. The molecule has 0 bridgehead atoms. The summed E-state index contributed by atoms with van der Waals surface area (Å²) in [6.45, 7) is 6.01. The van der Waals surface area contributed by atoms with Crippen LogP contribution in [-0.4, -0.2) is 22.2 Å². The minimum Gasteiger partial charge on any atom is -0.488 e. The van der Waals surface area contributed by atoms with Crippen LogP contribution in [0.25, 0.3) is 0 Å². The maximum absolute atomic E-state index is 11.2. The second-order valence-electron chi connectivity index (χ2n) is 5.42. The van der Waals surface area contributed by atoms with Crippen LogP contribution in [0.5, 0.6) is 5.75 Å². The van der Waals surface area contributed by atoms with Gasteiger partial charge in [0.25, 0.3) is 0 Å². The highest BCUT2D eigenvalue weighted by Crippen LogP contribution is 2.30. The third kappa shape index (κ3) is 2.75. The fourth-order valence-electron chi connectivity index (χ4n) is 1.48. The molecule has 4 heteroatoms. The van der Waals surface area contributed by atoms with E-state index in [4.69, 9.17) is 9.84 Å². The van der Waals surface area contributed by atoms with Crippen LogP contribution in [0.3, 0.4) is 0 Å². The highest BCUT2D eigenvalue weighted by Gasteiger charge is 2.27. The van der Waals surface area contributed by atoms with Crippen LogP contribution in [-0.2, 0) is 5.41 Å². The smallest absolute Gasteiger partial charge is 0.358 e. The van der Waals surface area contributed by atoms with E-state index in [0.717, 1.165) is 18.5 Å². The van der Waals surface area contributed by atoms with Gasteiger partial charge in [-0.05, 0) is 25.0 Å². The van der Waals surface area contributed by atoms with Gasteiger partial charge in [-0.2, -0.15) is 0 Å². The summed E-state index contributed by atoms with van der Waals surface area (Å²) in [5, 5.41) is 9.15. The van der Waals surface area contributed by atoms with Gasteiger partial charge in [-0.3, -0.25) is 0 Å². The molecule has 0 radical (unpaired) electrons. The van der Waals surface area contributed by atoms with E-state index in [9.17, 15) is 4.79 Å². The number of nitrogens with zero attached hydrogens (tertiary/aromatic N) is 1. The second kappa shape index (κ2) is 4.02. The number of carbonyl (C=O) groups is 1. The maximum Gasteiger partial charge on any atom is 0.358 e. The molecule has 0 saturated heterocycles. The van der Waals surface area contributed by atoms with E-state index in [1.54, 1.807) is 6.07 Å². The van der Waals surface area contributed by atoms with Gasteiger partial charge in [0.1, 0.15) is 0 Å². The van der Waals surface area contributed by atoms with Crippen LogP contribution in [0.15, 0.2) is 12.1 Å². The quantitative estimate of drug-likeness (QED) is 0.874. The van der Waals surface area contributed by atoms with E-state index in [1.807, 2.05) is 26.8 Å². The molecule has 1 heterocycles. The fourth-order valence-corrected chi connectivity index (χ4v) is 1.48. The fraction of sp³-hybridized carbons (Fsp3) is 0.538. The molecule has 17 heavy (non-hydrogen) atoms. The number of rotatable bonds is 3. The average Bonchev–Trinajstić information content (AvgIpc) is 3.00. The Hall–Kier alpha value is -1.58. The highest BCUT2D eigenvalue weighted by molar-refractivity contribution is 5.88. The van der Waals surface area contributed by atoms with Crippen LogP contribution in [0.4, 0.5) is 0 Å². The summed E-state index contributed by atoms with van der Waals surface area (Å²) < 4.78 is 5.54. The molecule has 1 aliphatic carbocycles. The molecule has 92 valence electrons. The molecule has 1 aromatic rings. The van der Waals surface area contributed by atoms with Crippen LogP contribution in [0.2, 0.25) is 0 Å². The van der Waals surface area contributed by atoms with Crippen molar-refractivity contribution < 1.29 is 14.6 Å². The van der Waals surface area contributed by atoms with Gasteiger partial charge >= 0.3 is 5.97 Å². The van der Waals surface area contributed by atoms with Crippen molar-refractivity contribution in [1.29, 1.82) is 0 Å². The van der Waals surface area contributed by atoms with E-state index in [2.05, 4.69) is 4.98 Å². The number of pyridine rings is 1. The van der Waals surface area contributed by atoms with Crippen molar-refractivity contribution in [3.63, 3.8) is 0 Å². The van der Waals surface area contributed by atoms with Gasteiger partial charge in [0.15, 0.2) is 11.4 Å². The van der Waals surface area contributed by atoms with Gasteiger partial charge < -0.3 is 9.84 Å². The molecule has 0 atom stereocenters. The van der Waals surface area contributed by atoms with Crippen LogP contribution in [0, 0.1) is 0 Å². The van der Waals surface area contributed by atoms with Gasteiger partial charge in [-0.25, -0.2) is 9.78 Å². The van der Waals surface area contributed by atoms with Gasteiger partial charge in [0, 0.05) is 11.1 Å². The third-order valence-corrected chi connectivity index (χ3v) is 2.65. The minimum absolute atomic E-state index is 0.0179. The van der Waals surface area contributed by atoms with Crippen LogP contribution >= 0.6 is 0 Å². The van der Waals surface area contributed by atoms with E-state index < -0.39 is 5.97 Å². The molecule has 4 nitrogen and oxygen atoms in total. The number of ether oxygens (including phenoxy) is 1. The van der Waals surface area contributed by atoms with E-state index >= 15 is 0 Å². The second-order valence-corrected chi connectivity index (χ2v) is 5.42. The number of carboxylic acids is 1. The normalized spacial score (nSPS) is 15.7. The first-order chi connectivity index (χ1) is 7.88. The van der Waals surface area contributed by atoms with Gasteiger partial charge in [0.05, 0.1) is 6.10 Å². The van der Waals surface area contributed by atoms with Gasteiger partial charge in [-0.1, -0.05) is 20.8 Å². The Morgan fingerprint density at radius 3 is 2.53 bits per heavy atom. The zero-order chi connectivity index (χ0) is 12.6. The SMILES string of the molecule is CC(C)(C)c1ccc(OC2CC2)c(C(=O)O)n1. The summed E-state index contributed by atoms with van der Waals surface area (Å²) in [5.74, 6) is -0.653. The Labute approximate surface area is 101 Å². The largest absolute Gasteiger partial charge is 0.488 e. The number of carboxylic acid groups (broad SMARTS) is 1. The Bertz CT molecular complexity index is 444. The summed E-state index contributed by atoms with van der Waals surface area (Å²) in [4.78, 5) is 15.4. The molecule has 2 rings (SSSR count). The standard InChI is InChI=1S/C13H17NO3/c1-13(2,3)10-7-6-9(17-8-4-5-8)11(14-10)12(15)16/h6-8H,4-5H2,1-3H3,(H,15,16). The number of hydrogen-bond donors (Lipinski definition) is 1. The Morgan fingerprint density at radius 2 is 2.06 bits per heavy atom. The van der Waals surface area contributed by atoms with Gasteiger partial charge in [-0.15, -0.1) is 0 Å². The highest BCUT2D eigenvalue weighted by atomic mass is 16.5. The Balaban J connectivity index is 2.36. The molecule has 0 aliphatic heterocycles. The first-order valence-electron chi connectivity index (χ1n) is 5.79. The summed E-state index contributed by atoms with van der Waals surface area (Å²) in [6.07, 6.45) is 2.18. The van der Waals surface area contributed by atoms with Gasteiger partial charge in [0.2, 0.25) is 0 Å². The summed E-state index contributed by atoms with van der Waals surface area (Å²) in [7, 11) is 0. The lowest BCUT2D eigenvalue weighted by atomic mass is 9.91. The summed E-state index contributed by atoms with van der Waals surface area (Å²) >= 11 is 0. The summed E-state index contributed by atoms with van der Waals surface area (Å²) in [5.41, 5.74) is 0.616. The van der Waals surface area contributed by atoms with Crippen molar-refractivity contribution in [1.82, 2.24) is 4.98 Å². The van der Waals surface area contributed by atoms with Crippen molar-refractivity contribution in [2.45, 2.75) is 45.1 Å². The molecule has 0 spiro atoms. The topological polar surface area (TPSA) is 59.4 Å². The molecule has 1 saturated carbocycles. The molecule has 1 aliphatic rings. The van der Waals surface area contributed by atoms with Crippen LogP contribution < -0.4 is 4.74 Å². The molecule has 1 N–H and O–H groups in total. The molecular formula is C13H17NO3. The Kier molecular flexibility index (Phi) is 2.81. The third-order valence-electron chi connectivity index (χ3n) is 2.65. The summed E-state index contributed by atoms with van der Waals surface area (Å²) in [6, 6.07) is 3.56. The predicted molar refractivity (Wildman–Crippen MR) is 63.5 cm³/mol. The lowest BCUT2D eigenvalue weighted by molar-refractivity contribution is 0.0684. The van der Waals surface area contributed by atoms with E-state index in [-0.39, 0.29) is 17.2 Å². The number of aromatic carboxylic acids is 1. The van der Waals surface area contributed by atoms with E-state index in [0.29, 0.717) is 5.75 Å². The predicted octanol–water partition coefficient (Wildman–Crippen LogP) is 2.62. The van der Waals surface area contributed by atoms with Crippen molar-refractivity contribution in [2.75, 3.05) is 0 Å². The molecule has 0 unspecified atom stereocenters. The van der Waals surface area contributed by atoms with Crippen molar-refractivity contribution in [3.05, 3.63) is 23.5 Å². The first-order valence-corrected chi connectivity index (χ1v) is 5.79. The monoisotopic (exact) mass is 235 g/mol.